The van der Waals surface area contributed by atoms with Crippen LogP contribution >= 0.6 is 0 Å². The zero-order chi connectivity index (χ0) is 11.5. The molecule has 0 saturated heterocycles. The van der Waals surface area contributed by atoms with Crippen LogP contribution in [-0.4, -0.2) is 17.6 Å². The number of pyridine rings is 1. The minimum atomic E-state index is 0.567. The Morgan fingerprint density at radius 1 is 1.50 bits per heavy atom. The molecule has 3 atom stereocenters. The molecule has 0 spiro atoms. The van der Waals surface area contributed by atoms with Crippen LogP contribution in [0.2, 0.25) is 0 Å². The number of nitrogen functional groups attached to an aromatic ring is 1. The van der Waals surface area contributed by atoms with Crippen LogP contribution in [-0.2, 0) is 0 Å². The van der Waals surface area contributed by atoms with Gasteiger partial charge in [-0.1, -0.05) is 19.9 Å². The number of hydrogen-bond donors (Lipinski definition) is 2. The number of anilines is 1. The highest BCUT2D eigenvalue weighted by Gasteiger charge is 2.34. The summed E-state index contributed by atoms with van der Waals surface area (Å²) in [5.74, 6) is 1.92. The van der Waals surface area contributed by atoms with Gasteiger partial charge in [-0.3, -0.25) is 0 Å². The number of hydrogen-bond acceptors (Lipinski definition) is 3. The van der Waals surface area contributed by atoms with Gasteiger partial charge in [-0.05, 0) is 42.9 Å². The van der Waals surface area contributed by atoms with Crippen molar-refractivity contribution in [3.8, 4) is 0 Å². The third kappa shape index (κ3) is 2.05. The lowest BCUT2D eigenvalue weighted by molar-refractivity contribution is 0.412. The molecule has 1 aliphatic rings. The molecule has 0 bridgehead atoms. The van der Waals surface area contributed by atoms with Crippen LogP contribution in [0.15, 0.2) is 18.3 Å². The summed E-state index contributed by atoms with van der Waals surface area (Å²) in [7, 11) is 0. The second kappa shape index (κ2) is 4.83. The van der Waals surface area contributed by atoms with Crippen molar-refractivity contribution in [1.29, 1.82) is 0 Å². The molecule has 1 heterocycles. The third-order valence-corrected chi connectivity index (χ3v) is 3.80. The van der Waals surface area contributed by atoms with Crippen LogP contribution in [0.25, 0.3) is 0 Å². The van der Waals surface area contributed by atoms with Crippen molar-refractivity contribution in [3.63, 3.8) is 0 Å². The fourth-order valence-corrected chi connectivity index (χ4v) is 2.90. The second-order valence-corrected chi connectivity index (χ2v) is 4.69. The van der Waals surface area contributed by atoms with E-state index in [0.29, 0.717) is 23.7 Å². The van der Waals surface area contributed by atoms with Crippen molar-refractivity contribution in [3.05, 3.63) is 23.9 Å². The minimum absolute atomic E-state index is 0.567. The molecule has 3 nitrogen and oxygen atoms in total. The van der Waals surface area contributed by atoms with Crippen molar-refractivity contribution in [2.75, 3.05) is 12.3 Å². The lowest BCUT2D eigenvalue weighted by atomic mass is 9.89. The largest absolute Gasteiger partial charge is 0.383 e. The third-order valence-electron chi connectivity index (χ3n) is 3.80. The molecule has 16 heavy (non-hydrogen) atoms. The molecule has 3 heteroatoms. The van der Waals surface area contributed by atoms with Gasteiger partial charge >= 0.3 is 0 Å². The summed E-state index contributed by atoms with van der Waals surface area (Å²) in [5, 5.41) is 3.55. The summed E-state index contributed by atoms with van der Waals surface area (Å²) in [6, 6.07) is 4.74. The summed E-state index contributed by atoms with van der Waals surface area (Å²) in [6.45, 7) is 5.53. The first-order chi connectivity index (χ1) is 7.74. The maximum absolute atomic E-state index is 5.95. The molecular weight excluding hydrogens is 198 g/mol. The highest BCUT2D eigenvalue weighted by atomic mass is 14.9. The lowest BCUT2D eigenvalue weighted by Crippen LogP contribution is -2.32. The van der Waals surface area contributed by atoms with E-state index in [1.807, 2.05) is 6.07 Å². The topological polar surface area (TPSA) is 50.9 Å². The van der Waals surface area contributed by atoms with E-state index in [4.69, 9.17) is 5.73 Å². The highest BCUT2D eigenvalue weighted by Crippen LogP contribution is 2.40. The van der Waals surface area contributed by atoms with Crippen LogP contribution in [0.1, 0.15) is 38.2 Å². The fourth-order valence-electron chi connectivity index (χ4n) is 2.90. The number of nitrogens with two attached hydrogens (primary N) is 1. The zero-order valence-corrected chi connectivity index (χ0v) is 10.1. The Hall–Kier alpha value is -1.09. The van der Waals surface area contributed by atoms with Crippen molar-refractivity contribution >= 4 is 5.82 Å². The van der Waals surface area contributed by atoms with E-state index in [1.165, 1.54) is 18.4 Å². The second-order valence-electron chi connectivity index (χ2n) is 4.69. The Morgan fingerprint density at radius 2 is 2.31 bits per heavy atom. The molecule has 0 aliphatic heterocycles. The van der Waals surface area contributed by atoms with Gasteiger partial charge in [0.15, 0.2) is 0 Å². The Bertz CT molecular complexity index is 351. The van der Waals surface area contributed by atoms with Gasteiger partial charge in [0.25, 0.3) is 0 Å². The monoisotopic (exact) mass is 219 g/mol. The maximum Gasteiger partial charge on any atom is 0.126 e. The SMILES string of the molecule is CCNC1CCC(c2cccnc2N)C1C. The molecule has 1 fully saturated rings. The average Bonchev–Trinajstić information content (AvgIpc) is 2.62. The predicted octanol–water partition coefficient (Wildman–Crippen LogP) is 2.16. The average molecular weight is 219 g/mol. The molecule has 1 aromatic heterocycles. The van der Waals surface area contributed by atoms with Crippen LogP contribution in [0.5, 0.6) is 0 Å². The molecule has 3 N–H and O–H groups in total. The van der Waals surface area contributed by atoms with Crippen LogP contribution in [0.3, 0.4) is 0 Å². The van der Waals surface area contributed by atoms with Crippen LogP contribution in [0, 0.1) is 5.92 Å². The lowest BCUT2D eigenvalue weighted by Gasteiger charge is -2.22. The van der Waals surface area contributed by atoms with Gasteiger partial charge in [0.2, 0.25) is 0 Å². The van der Waals surface area contributed by atoms with Crippen molar-refractivity contribution in [1.82, 2.24) is 10.3 Å². The standard InChI is InChI=1S/C13H21N3/c1-3-15-12-7-6-10(9(12)2)11-5-4-8-16-13(11)14/h4-5,8-10,12,15H,3,6-7H2,1-2H3,(H2,14,16). The van der Waals surface area contributed by atoms with Gasteiger partial charge in [-0.2, -0.15) is 0 Å². The fraction of sp³-hybridized carbons (Fsp3) is 0.615. The number of rotatable bonds is 3. The zero-order valence-electron chi connectivity index (χ0n) is 10.1. The van der Waals surface area contributed by atoms with E-state index in [0.717, 1.165) is 6.54 Å². The Balaban J connectivity index is 2.15. The molecule has 88 valence electrons. The summed E-state index contributed by atoms with van der Waals surface area (Å²) in [6.07, 6.45) is 4.23. The number of aromatic nitrogens is 1. The van der Waals surface area contributed by atoms with E-state index < -0.39 is 0 Å². The molecule has 2 rings (SSSR count). The number of nitrogens with one attached hydrogen (secondary N) is 1. The molecule has 0 amide bonds. The van der Waals surface area contributed by atoms with Crippen LogP contribution in [0.4, 0.5) is 5.82 Å². The molecule has 3 unspecified atom stereocenters. The van der Waals surface area contributed by atoms with Gasteiger partial charge in [-0.25, -0.2) is 4.98 Å². The predicted molar refractivity (Wildman–Crippen MR) is 67.3 cm³/mol. The molecule has 1 aliphatic carbocycles. The first kappa shape index (κ1) is 11.4. The minimum Gasteiger partial charge on any atom is -0.383 e. The number of nitrogens with zero attached hydrogens (tertiary/aromatic N) is 1. The van der Waals surface area contributed by atoms with E-state index in [2.05, 4.69) is 30.2 Å². The van der Waals surface area contributed by atoms with Gasteiger partial charge in [0.1, 0.15) is 5.82 Å². The van der Waals surface area contributed by atoms with Gasteiger partial charge in [0, 0.05) is 12.2 Å². The molecule has 1 aromatic rings. The molecule has 0 aromatic carbocycles. The first-order valence-corrected chi connectivity index (χ1v) is 6.17. The highest BCUT2D eigenvalue weighted by molar-refractivity contribution is 5.42. The Morgan fingerprint density at radius 3 is 3.00 bits per heavy atom. The summed E-state index contributed by atoms with van der Waals surface area (Å²) in [4.78, 5) is 4.19. The van der Waals surface area contributed by atoms with Crippen molar-refractivity contribution in [2.24, 2.45) is 5.92 Å². The van der Waals surface area contributed by atoms with Crippen LogP contribution < -0.4 is 11.1 Å². The van der Waals surface area contributed by atoms with Crippen molar-refractivity contribution in [2.45, 2.75) is 38.6 Å². The first-order valence-electron chi connectivity index (χ1n) is 6.17. The summed E-state index contributed by atoms with van der Waals surface area (Å²) in [5.41, 5.74) is 7.18. The summed E-state index contributed by atoms with van der Waals surface area (Å²) >= 11 is 0. The quantitative estimate of drug-likeness (QED) is 0.819. The van der Waals surface area contributed by atoms with Crippen molar-refractivity contribution < 1.29 is 0 Å². The molecular formula is C13H21N3. The normalized spacial score (nSPS) is 29.5. The van der Waals surface area contributed by atoms with Gasteiger partial charge < -0.3 is 11.1 Å². The van der Waals surface area contributed by atoms with E-state index in [9.17, 15) is 0 Å². The smallest absolute Gasteiger partial charge is 0.126 e. The molecule has 0 radical (unpaired) electrons. The summed E-state index contributed by atoms with van der Waals surface area (Å²) < 4.78 is 0. The van der Waals surface area contributed by atoms with E-state index in [-0.39, 0.29) is 0 Å². The van der Waals surface area contributed by atoms with Gasteiger partial charge in [0.05, 0.1) is 0 Å². The Labute approximate surface area is 97.5 Å². The Kier molecular flexibility index (Phi) is 3.44. The molecule has 1 saturated carbocycles. The van der Waals surface area contributed by atoms with Gasteiger partial charge in [-0.15, -0.1) is 0 Å². The van der Waals surface area contributed by atoms with E-state index in [1.54, 1.807) is 6.20 Å². The van der Waals surface area contributed by atoms with E-state index >= 15 is 0 Å². The maximum atomic E-state index is 5.95.